The molecule has 1 aliphatic rings. The van der Waals surface area contributed by atoms with Gasteiger partial charge >= 0.3 is 0 Å². The minimum atomic E-state index is -0.0629. The van der Waals surface area contributed by atoms with Crippen molar-refractivity contribution in [1.29, 1.82) is 0 Å². The average molecular weight is 208 g/mol. The van der Waals surface area contributed by atoms with Crippen LogP contribution in [0.25, 0.3) is 0 Å². The molecule has 0 bridgehead atoms. The van der Waals surface area contributed by atoms with Crippen LogP contribution in [0.5, 0.6) is 0 Å². The zero-order valence-corrected chi connectivity index (χ0v) is 9.10. The predicted molar refractivity (Wildman–Crippen MR) is 59.0 cm³/mol. The van der Waals surface area contributed by atoms with E-state index in [0.717, 1.165) is 19.5 Å². The Morgan fingerprint density at radius 1 is 1.53 bits per heavy atom. The van der Waals surface area contributed by atoms with E-state index < -0.39 is 0 Å². The van der Waals surface area contributed by atoms with Crippen LogP contribution in [-0.2, 0) is 7.05 Å². The van der Waals surface area contributed by atoms with Crippen LogP contribution in [0.4, 0.5) is 5.82 Å². The number of hydrogen-bond acceptors (Lipinski definition) is 4. The normalized spacial score (nSPS) is 21.9. The Morgan fingerprint density at radius 2 is 2.33 bits per heavy atom. The van der Waals surface area contributed by atoms with Gasteiger partial charge in [-0.3, -0.25) is 4.79 Å². The van der Waals surface area contributed by atoms with Crippen LogP contribution < -0.4 is 10.9 Å². The van der Waals surface area contributed by atoms with Crippen LogP contribution in [0.15, 0.2) is 17.2 Å². The maximum absolute atomic E-state index is 11.7. The van der Waals surface area contributed by atoms with Crippen molar-refractivity contribution in [3.8, 4) is 0 Å². The second-order valence-corrected chi connectivity index (χ2v) is 4.08. The topological polar surface area (TPSA) is 50.2 Å². The summed E-state index contributed by atoms with van der Waals surface area (Å²) in [7, 11) is 3.81. The lowest BCUT2D eigenvalue weighted by Crippen LogP contribution is -2.29. The third kappa shape index (κ3) is 2.18. The first-order valence-electron chi connectivity index (χ1n) is 5.13. The van der Waals surface area contributed by atoms with Crippen molar-refractivity contribution >= 4 is 5.82 Å². The number of nitrogens with one attached hydrogen (secondary N) is 1. The summed E-state index contributed by atoms with van der Waals surface area (Å²) in [5.74, 6) is 0.459. The summed E-state index contributed by atoms with van der Waals surface area (Å²) >= 11 is 0. The van der Waals surface area contributed by atoms with Crippen molar-refractivity contribution in [2.24, 2.45) is 7.05 Å². The monoisotopic (exact) mass is 208 g/mol. The average Bonchev–Trinajstić information content (AvgIpc) is 2.59. The molecule has 1 aliphatic heterocycles. The van der Waals surface area contributed by atoms with E-state index in [1.807, 2.05) is 0 Å². The molecule has 1 unspecified atom stereocenters. The van der Waals surface area contributed by atoms with Gasteiger partial charge < -0.3 is 14.8 Å². The SMILES string of the molecule is CN1CCC(Nc2nccn(C)c2=O)C1. The van der Waals surface area contributed by atoms with Crippen molar-refractivity contribution in [3.63, 3.8) is 0 Å². The van der Waals surface area contributed by atoms with Crippen molar-refractivity contribution in [1.82, 2.24) is 14.5 Å². The lowest BCUT2D eigenvalue weighted by atomic mass is 10.2. The van der Waals surface area contributed by atoms with E-state index in [2.05, 4.69) is 22.2 Å². The molecule has 0 spiro atoms. The fourth-order valence-corrected chi connectivity index (χ4v) is 1.84. The molecule has 2 rings (SSSR count). The van der Waals surface area contributed by atoms with Gasteiger partial charge in [-0.15, -0.1) is 0 Å². The number of nitrogens with zero attached hydrogens (tertiary/aromatic N) is 3. The highest BCUT2D eigenvalue weighted by atomic mass is 16.1. The molecule has 0 amide bonds. The minimum absolute atomic E-state index is 0.0629. The Morgan fingerprint density at radius 3 is 3.00 bits per heavy atom. The minimum Gasteiger partial charge on any atom is -0.361 e. The Bertz CT molecular complexity index is 401. The first-order chi connectivity index (χ1) is 7.16. The maximum atomic E-state index is 11.7. The van der Waals surface area contributed by atoms with Gasteiger partial charge in [0.05, 0.1) is 0 Å². The van der Waals surface area contributed by atoms with Crippen LogP contribution in [0, 0.1) is 0 Å². The van der Waals surface area contributed by atoms with Crippen LogP contribution in [0.3, 0.4) is 0 Å². The van der Waals surface area contributed by atoms with Gasteiger partial charge in [0.1, 0.15) is 0 Å². The number of aryl methyl sites for hydroxylation is 1. The van der Waals surface area contributed by atoms with Gasteiger partial charge in [-0.1, -0.05) is 0 Å². The van der Waals surface area contributed by atoms with E-state index >= 15 is 0 Å². The largest absolute Gasteiger partial charge is 0.361 e. The van der Waals surface area contributed by atoms with Crippen molar-refractivity contribution in [2.75, 3.05) is 25.5 Å². The number of likely N-dealkylation sites (N-methyl/N-ethyl adjacent to an activating group) is 1. The van der Waals surface area contributed by atoms with Gasteiger partial charge in [-0.2, -0.15) is 0 Å². The van der Waals surface area contributed by atoms with Crippen molar-refractivity contribution in [3.05, 3.63) is 22.7 Å². The van der Waals surface area contributed by atoms with Crippen LogP contribution in [-0.4, -0.2) is 40.6 Å². The molecule has 2 heterocycles. The lowest BCUT2D eigenvalue weighted by Gasteiger charge is -2.12. The van der Waals surface area contributed by atoms with Gasteiger partial charge in [0.25, 0.3) is 5.56 Å². The quantitative estimate of drug-likeness (QED) is 0.737. The summed E-state index contributed by atoms with van der Waals surface area (Å²) in [6.45, 7) is 2.05. The highest BCUT2D eigenvalue weighted by Gasteiger charge is 2.20. The molecule has 1 saturated heterocycles. The molecule has 0 saturated carbocycles. The van der Waals surface area contributed by atoms with Gasteiger partial charge in [-0.05, 0) is 20.0 Å². The second kappa shape index (κ2) is 4.02. The zero-order chi connectivity index (χ0) is 10.8. The molecule has 1 N–H and O–H groups in total. The van der Waals surface area contributed by atoms with Crippen LogP contribution in [0.2, 0.25) is 0 Å². The first kappa shape index (κ1) is 10.2. The van der Waals surface area contributed by atoms with Crippen molar-refractivity contribution in [2.45, 2.75) is 12.5 Å². The van der Waals surface area contributed by atoms with Gasteiger partial charge in [0.15, 0.2) is 5.82 Å². The molecule has 1 fully saturated rings. The van der Waals surface area contributed by atoms with Crippen LogP contribution >= 0.6 is 0 Å². The summed E-state index contributed by atoms with van der Waals surface area (Å²) in [5.41, 5.74) is -0.0629. The Kier molecular flexibility index (Phi) is 2.73. The maximum Gasteiger partial charge on any atom is 0.293 e. The fourth-order valence-electron chi connectivity index (χ4n) is 1.84. The lowest BCUT2D eigenvalue weighted by molar-refractivity contribution is 0.414. The molecule has 15 heavy (non-hydrogen) atoms. The molecule has 1 aromatic heterocycles. The van der Waals surface area contributed by atoms with E-state index in [1.165, 1.54) is 4.57 Å². The summed E-state index contributed by atoms with van der Waals surface area (Å²) in [4.78, 5) is 18.0. The molecule has 0 aromatic carbocycles. The van der Waals surface area contributed by atoms with E-state index in [4.69, 9.17) is 0 Å². The standard InChI is InChI=1S/C10H16N4O/c1-13-5-3-8(7-13)12-9-10(15)14(2)6-4-11-9/h4,6,8H,3,5,7H2,1-2H3,(H,11,12). The molecule has 0 radical (unpaired) electrons. The smallest absolute Gasteiger partial charge is 0.293 e. The van der Waals surface area contributed by atoms with E-state index in [1.54, 1.807) is 19.4 Å². The Hall–Kier alpha value is -1.36. The van der Waals surface area contributed by atoms with E-state index in [0.29, 0.717) is 11.9 Å². The second-order valence-electron chi connectivity index (χ2n) is 4.08. The third-order valence-electron chi connectivity index (χ3n) is 2.75. The van der Waals surface area contributed by atoms with E-state index in [-0.39, 0.29) is 5.56 Å². The Labute approximate surface area is 88.7 Å². The van der Waals surface area contributed by atoms with Gasteiger partial charge in [-0.25, -0.2) is 4.98 Å². The highest BCUT2D eigenvalue weighted by molar-refractivity contribution is 5.32. The number of rotatable bonds is 2. The summed E-state index contributed by atoms with van der Waals surface area (Å²) in [6.07, 6.45) is 4.37. The molecular weight excluding hydrogens is 192 g/mol. The molecule has 1 atom stereocenters. The van der Waals surface area contributed by atoms with Gasteiger partial charge in [0, 0.05) is 32.0 Å². The number of aromatic nitrogens is 2. The molecule has 1 aromatic rings. The molecule has 0 aliphatic carbocycles. The summed E-state index contributed by atoms with van der Waals surface area (Å²) in [5, 5.41) is 3.19. The third-order valence-corrected chi connectivity index (χ3v) is 2.75. The highest BCUT2D eigenvalue weighted by Crippen LogP contribution is 2.09. The zero-order valence-electron chi connectivity index (χ0n) is 9.10. The number of hydrogen-bond donors (Lipinski definition) is 1. The summed E-state index contributed by atoms with van der Waals surface area (Å²) in [6, 6.07) is 0.345. The van der Waals surface area contributed by atoms with E-state index in [9.17, 15) is 4.79 Å². The number of likely N-dealkylation sites (tertiary alicyclic amines) is 1. The molecular formula is C10H16N4O. The summed E-state index contributed by atoms with van der Waals surface area (Å²) < 4.78 is 1.54. The molecule has 5 nitrogen and oxygen atoms in total. The predicted octanol–water partition coefficient (Wildman–Crippen LogP) is -0.104. The molecule has 5 heteroatoms. The van der Waals surface area contributed by atoms with Crippen LogP contribution in [0.1, 0.15) is 6.42 Å². The fraction of sp³-hybridized carbons (Fsp3) is 0.600. The molecule has 82 valence electrons. The van der Waals surface area contributed by atoms with Crippen molar-refractivity contribution < 1.29 is 0 Å². The first-order valence-corrected chi connectivity index (χ1v) is 5.13. The number of anilines is 1. The Balaban J connectivity index is 2.11. The van der Waals surface area contributed by atoms with Gasteiger partial charge in [0.2, 0.25) is 0 Å².